The predicted octanol–water partition coefficient (Wildman–Crippen LogP) is 8.27. The number of rotatable bonds is 20. The summed E-state index contributed by atoms with van der Waals surface area (Å²) in [6.07, 6.45) is 28.8. The molecule has 0 radical (unpaired) electrons. The summed E-state index contributed by atoms with van der Waals surface area (Å²) in [5, 5.41) is 3.01. The highest BCUT2D eigenvalue weighted by Crippen LogP contribution is 2.19. The molecule has 0 fully saturated rings. The molecule has 0 unspecified atom stereocenters. The third-order valence-electron chi connectivity index (χ3n) is 6.14. The van der Waals surface area contributed by atoms with E-state index < -0.39 is 0 Å². The molecule has 0 bridgehead atoms. The zero-order valence-corrected chi connectivity index (χ0v) is 24.7. The second kappa shape index (κ2) is 22.8. The van der Waals surface area contributed by atoms with Crippen molar-refractivity contribution in [2.75, 3.05) is 31.6 Å². The molecule has 0 aliphatic carbocycles. The summed E-state index contributed by atoms with van der Waals surface area (Å²) in [4.78, 5) is 26.5. The molecule has 0 aliphatic rings. The lowest BCUT2D eigenvalue weighted by Gasteiger charge is -2.20. The van der Waals surface area contributed by atoms with Gasteiger partial charge in [0, 0.05) is 20.1 Å². The highest BCUT2D eigenvalue weighted by molar-refractivity contribution is 5.93. The Labute approximate surface area is 238 Å². The first-order valence-corrected chi connectivity index (χ1v) is 14.5. The van der Waals surface area contributed by atoms with Crippen LogP contribution in [0.15, 0.2) is 79.0 Å². The van der Waals surface area contributed by atoms with E-state index in [1.165, 1.54) is 0 Å². The molecule has 5 heteroatoms. The lowest BCUT2D eigenvalue weighted by atomic mass is 10.1. The van der Waals surface area contributed by atoms with Gasteiger partial charge in [0.05, 0.1) is 6.54 Å². The molecule has 1 aromatic rings. The molecule has 216 valence electrons. The van der Waals surface area contributed by atoms with E-state index in [9.17, 15) is 9.59 Å². The highest BCUT2D eigenvalue weighted by Gasteiger charge is 2.12. The summed E-state index contributed by atoms with van der Waals surface area (Å²) >= 11 is 0. The van der Waals surface area contributed by atoms with E-state index in [2.05, 4.69) is 73.0 Å². The van der Waals surface area contributed by atoms with Gasteiger partial charge in [0.15, 0.2) is 0 Å². The van der Waals surface area contributed by atoms with Crippen LogP contribution in [0.2, 0.25) is 0 Å². The summed E-state index contributed by atoms with van der Waals surface area (Å²) in [7, 11) is 0. The van der Waals surface area contributed by atoms with E-state index in [-0.39, 0.29) is 19.8 Å². The number of unbranched alkanes of at least 4 members (excludes halogenated alkanes) is 1. The molecule has 1 amide bonds. The first kappa shape index (κ1) is 33.8. The monoisotopic (exact) mass is 536 g/mol. The molecular formula is C34H52N2O3. The topological polar surface area (TPSA) is 58.6 Å². The van der Waals surface area contributed by atoms with Crippen LogP contribution < -0.4 is 5.32 Å². The second-order valence-corrected chi connectivity index (χ2v) is 9.50. The molecule has 39 heavy (non-hydrogen) atoms. The lowest BCUT2D eigenvalue weighted by molar-refractivity contribution is -0.144. The Morgan fingerprint density at radius 2 is 1.38 bits per heavy atom. The quantitative estimate of drug-likeness (QED) is 0.103. The van der Waals surface area contributed by atoms with Crippen molar-refractivity contribution < 1.29 is 15.8 Å². The lowest BCUT2D eigenvalue weighted by Crippen LogP contribution is -2.36. The van der Waals surface area contributed by atoms with Crippen LogP contribution in [0.4, 0.5) is 5.69 Å². The number of nitrogens with zero attached hydrogens (tertiary/aromatic N) is 1. The van der Waals surface area contributed by atoms with Crippen LogP contribution in [0.3, 0.4) is 0 Å². The zero-order chi connectivity index (χ0) is 28.6. The normalized spacial score (nSPS) is 12.2. The average molecular weight is 537 g/mol. The number of ether oxygens (including phenoxy) is 1. The van der Waals surface area contributed by atoms with Crippen molar-refractivity contribution in [2.24, 2.45) is 0 Å². The van der Waals surface area contributed by atoms with Crippen LogP contribution in [0.25, 0.3) is 0 Å². The highest BCUT2D eigenvalue weighted by atomic mass is 16.5. The van der Waals surface area contributed by atoms with Crippen molar-refractivity contribution >= 4 is 17.6 Å². The smallest absolute Gasteiger partial charge is 0.305 e. The molecule has 0 heterocycles. The number of anilines is 1. The number of nitrogens with one attached hydrogen (secondary N) is 1. The third-order valence-corrected chi connectivity index (χ3v) is 6.14. The predicted molar refractivity (Wildman–Crippen MR) is 168 cm³/mol. The second-order valence-electron chi connectivity index (χ2n) is 9.50. The number of benzene rings is 1. The SMILES string of the molecule is CC/C=C\C/C=C\C/C=C\C/C=C\C/C=C\CCCC(=O)OCCN(CC)CC(=O)Nc1c(C)cccc1C.[HH]. The minimum atomic E-state index is -0.182. The fourth-order valence-corrected chi connectivity index (χ4v) is 3.84. The first-order chi connectivity index (χ1) is 19.0. The van der Waals surface area contributed by atoms with Crippen molar-refractivity contribution in [3.63, 3.8) is 0 Å². The maximum Gasteiger partial charge on any atom is 0.305 e. The van der Waals surface area contributed by atoms with Crippen LogP contribution in [0, 0.1) is 13.8 Å². The van der Waals surface area contributed by atoms with Crippen molar-refractivity contribution in [1.82, 2.24) is 4.90 Å². The van der Waals surface area contributed by atoms with Crippen LogP contribution >= 0.6 is 0 Å². The number of carbonyl (C=O) groups is 2. The summed E-state index contributed by atoms with van der Waals surface area (Å²) in [5.41, 5.74) is 2.97. The van der Waals surface area contributed by atoms with Crippen LogP contribution in [-0.2, 0) is 14.3 Å². The number of para-hydroxylation sites is 1. The van der Waals surface area contributed by atoms with Crippen molar-refractivity contribution in [3.05, 3.63) is 90.1 Å². The number of aryl methyl sites for hydroxylation is 2. The van der Waals surface area contributed by atoms with E-state index in [1.807, 2.05) is 43.9 Å². The number of amides is 1. The van der Waals surface area contributed by atoms with Crippen molar-refractivity contribution in [3.8, 4) is 0 Å². The Hall–Kier alpha value is -3.18. The number of allylic oxidation sites excluding steroid dienone is 10. The molecule has 0 saturated carbocycles. The Bertz CT molecular complexity index is 959. The standard InChI is InChI=1S/C34H50N2O3.H2/c1-5-7-8-9-10-11-12-13-14-15-16-17-18-19-20-21-22-26-33(38)39-28-27-36(6-2)29-32(37)35-34-30(3)24-23-25-31(34)4;/h7-8,10-11,13-14,16-17,19-20,23-25H,5-6,9,12,15,18,21-22,26-29H2,1-4H3,(H,35,37);1H/b8-7-,11-10-,14-13-,17-16-,20-19-;. The fourth-order valence-electron chi connectivity index (χ4n) is 3.84. The minimum Gasteiger partial charge on any atom is -0.464 e. The molecule has 1 aromatic carbocycles. The van der Waals surface area contributed by atoms with Gasteiger partial charge in [-0.2, -0.15) is 0 Å². The Kier molecular flexibility index (Phi) is 19.8. The molecule has 0 saturated heterocycles. The van der Waals surface area contributed by atoms with Gasteiger partial charge in [-0.25, -0.2) is 0 Å². The van der Waals surface area contributed by atoms with Gasteiger partial charge in [-0.3, -0.25) is 14.5 Å². The number of esters is 1. The molecule has 0 aromatic heterocycles. The van der Waals surface area contributed by atoms with E-state index in [4.69, 9.17) is 4.74 Å². The van der Waals surface area contributed by atoms with Gasteiger partial charge < -0.3 is 10.1 Å². The molecule has 1 N–H and O–H groups in total. The summed E-state index contributed by atoms with van der Waals surface area (Å²) in [5.74, 6) is -0.240. The van der Waals surface area contributed by atoms with Gasteiger partial charge in [-0.1, -0.05) is 92.8 Å². The molecule has 5 nitrogen and oxygen atoms in total. The van der Waals surface area contributed by atoms with Crippen LogP contribution in [0.1, 0.15) is 77.8 Å². The van der Waals surface area contributed by atoms with Gasteiger partial charge >= 0.3 is 5.97 Å². The Morgan fingerprint density at radius 3 is 1.92 bits per heavy atom. The van der Waals surface area contributed by atoms with E-state index in [1.54, 1.807) is 0 Å². The first-order valence-electron chi connectivity index (χ1n) is 14.5. The zero-order valence-electron chi connectivity index (χ0n) is 24.7. The van der Waals surface area contributed by atoms with E-state index in [0.29, 0.717) is 26.1 Å². The number of carbonyl (C=O) groups excluding carboxylic acids is 2. The maximum atomic E-state index is 12.5. The van der Waals surface area contributed by atoms with Crippen LogP contribution in [0.5, 0.6) is 0 Å². The minimum absolute atomic E-state index is 0. The van der Waals surface area contributed by atoms with Gasteiger partial charge in [0.1, 0.15) is 6.61 Å². The van der Waals surface area contributed by atoms with E-state index in [0.717, 1.165) is 61.8 Å². The van der Waals surface area contributed by atoms with Crippen molar-refractivity contribution in [1.29, 1.82) is 0 Å². The third kappa shape index (κ3) is 17.9. The number of hydrogen-bond donors (Lipinski definition) is 1. The van der Waals surface area contributed by atoms with Gasteiger partial charge in [0.25, 0.3) is 0 Å². The summed E-state index contributed by atoms with van der Waals surface area (Å²) in [6, 6.07) is 5.96. The maximum absolute atomic E-state index is 12.5. The number of likely N-dealkylation sites (N-methyl/N-ethyl adjacent to an activating group) is 1. The van der Waals surface area contributed by atoms with Gasteiger partial charge in [-0.15, -0.1) is 0 Å². The molecular weight excluding hydrogens is 484 g/mol. The molecule has 0 spiro atoms. The summed E-state index contributed by atoms with van der Waals surface area (Å²) < 4.78 is 5.38. The van der Waals surface area contributed by atoms with Gasteiger partial charge in [-0.05, 0) is 76.5 Å². The van der Waals surface area contributed by atoms with Crippen molar-refractivity contribution in [2.45, 2.75) is 79.1 Å². The number of hydrogen-bond acceptors (Lipinski definition) is 4. The van der Waals surface area contributed by atoms with E-state index >= 15 is 0 Å². The Morgan fingerprint density at radius 1 is 0.846 bits per heavy atom. The fraction of sp³-hybridized carbons (Fsp3) is 0.471. The largest absolute Gasteiger partial charge is 0.464 e. The molecule has 1 rings (SSSR count). The Balaban J connectivity index is 0.0000152. The molecule has 0 aliphatic heterocycles. The summed E-state index contributed by atoms with van der Waals surface area (Å²) in [6.45, 7) is 9.94. The van der Waals surface area contributed by atoms with Gasteiger partial charge in [0.2, 0.25) is 5.91 Å². The average Bonchev–Trinajstić information content (AvgIpc) is 2.92. The molecule has 0 atom stereocenters. The van der Waals surface area contributed by atoms with Crippen LogP contribution in [-0.4, -0.2) is 43.0 Å².